The predicted molar refractivity (Wildman–Crippen MR) is 88.3 cm³/mol. The number of carbonyl (C=O) groups excluding carboxylic acids is 1. The van der Waals surface area contributed by atoms with Crippen LogP contribution in [0.25, 0.3) is 0 Å². The van der Waals surface area contributed by atoms with Crippen molar-refractivity contribution in [1.29, 1.82) is 0 Å². The number of thioether (sulfide) groups is 1. The van der Waals surface area contributed by atoms with Crippen molar-refractivity contribution in [3.05, 3.63) is 29.3 Å². The lowest BCUT2D eigenvalue weighted by atomic mass is 9.82. The first-order valence-corrected chi connectivity index (χ1v) is 8.67. The Kier molecular flexibility index (Phi) is 5.75. The van der Waals surface area contributed by atoms with E-state index in [0.717, 1.165) is 11.3 Å². The second-order valence-electron chi connectivity index (χ2n) is 5.84. The number of carbonyl (C=O) groups is 2. The lowest BCUT2D eigenvalue weighted by molar-refractivity contribution is -0.153. The first kappa shape index (κ1) is 17.2. The minimum absolute atomic E-state index is 0.0358. The second-order valence-corrected chi connectivity index (χ2v) is 7.44. The Labute approximate surface area is 139 Å². The largest absolute Gasteiger partial charge is 0.481 e. The van der Waals surface area contributed by atoms with Crippen molar-refractivity contribution < 1.29 is 14.7 Å². The van der Waals surface area contributed by atoms with Gasteiger partial charge in [-0.25, -0.2) is 0 Å². The molecular formula is C16H20ClNO3S. The summed E-state index contributed by atoms with van der Waals surface area (Å²) in [4.78, 5) is 26.3. The number of aliphatic carboxylic acids is 1. The molecule has 0 spiro atoms. The summed E-state index contributed by atoms with van der Waals surface area (Å²) in [6.07, 6.45) is 1.80. The molecule has 1 fully saturated rings. The first-order valence-electron chi connectivity index (χ1n) is 7.30. The van der Waals surface area contributed by atoms with E-state index in [1.807, 2.05) is 24.3 Å². The fourth-order valence-electron chi connectivity index (χ4n) is 2.57. The Morgan fingerprint density at radius 1 is 1.36 bits per heavy atom. The van der Waals surface area contributed by atoms with Gasteiger partial charge in [0, 0.05) is 35.2 Å². The third-order valence-electron chi connectivity index (χ3n) is 3.96. The summed E-state index contributed by atoms with van der Waals surface area (Å²) >= 11 is 7.44. The van der Waals surface area contributed by atoms with E-state index in [1.54, 1.807) is 23.6 Å². The molecule has 1 aliphatic heterocycles. The first-order chi connectivity index (χ1) is 10.4. The fourth-order valence-corrected chi connectivity index (χ4v) is 3.54. The van der Waals surface area contributed by atoms with E-state index < -0.39 is 11.4 Å². The molecule has 0 aromatic heterocycles. The highest BCUT2D eigenvalue weighted by Gasteiger charge is 2.39. The second kappa shape index (κ2) is 7.38. The molecule has 1 amide bonds. The number of carboxylic acid groups (broad SMARTS) is 1. The highest BCUT2D eigenvalue weighted by atomic mass is 35.5. The van der Waals surface area contributed by atoms with Crippen LogP contribution in [-0.4, -0.2) is 40.7 Å². The van der Waals surface area contributed by atoms with Gasteiger partial charge in [-0.3, -0.25) is 9.59 Å². The molecule has 0 bridgehead atoms. The number of hydrogen-bond acceptors (Lipinski definition) is 3. The molecule has 0 radical (unpaired) electrons. The van der Waals surface area contributed by atoms with E-state index in [9.17, 15) is 14.7 Å². The third-order valence-corrected chi connectivity index (χ3v) is 5.23. The Morgan fingerprint density at radius 3 is 2.68 bits per heavy atom. The lowest BCUT2D eigenvalue weighted by Crippen LogP contribution is -2.48. The zero-order valence-electron chi connectivity index (χ0n) is 12.5. The quantitative estimate of drug-likeness (QED) is 0.832. The van der Waals surface area contributed by atoms with Crippen LogP contribution >= 0.6 is 23.4 Å². The van der Waals surface area contributed by atoms with Gasteiger partial charge in [-0.05, 0) is 44.0 Å². The van der Waals surface area contributed by atoms with Crippen molar-refractivity contribution in [3.8, 4) is 0 Å². The van der Waals surface area contributed by atoms with Gasteiger partial charge in [0.05, 0.1) is 5.41 Å². The maximum absolute atomic E-state index is 12.3. The van der Waals surface area contributed by atoms with E-state index in [0.29, 0.717) is 36.7 Å². The lowest BCUT2D eigenvalue weighted by Gasteiger charge is -2.37. The summed E-state index contributed by atoms with van der Waals surface area (Å²) in [5, 5.41) is 9.99. The van der Waals surface area contributed by atoms with Gasteiger partial charge in [0.25, 0.3) is 0 Å². The van der Waals surface area contributed by atoms with Crippen LogP contribution in [0.2, 0.25) is 5.02 Å². The van der Waals surface area contributed by atoms with Crippen LogP contribution < -0.4 is 0 Å². The van der Waals surface area contributed by atoms with E-state index in [2.05, 4.69) is 0 Å². The normalized spacial score (nSPS) is 21.6. The minimum Gasteiger partial charge on any atom is -0.481 e. The van der Waals surface area contributed by atoms with Gasteiger partial charge in [0.2, 0.25) is 5.91 Å². The number of nitrogens with zero attached hydrogens (tertiary/aromatic N) is 1. The van der Waals surface area contributed by atoms with E-state index >= 15 is 0 Å². The number of rotatable bonds is 5. The van der Waals surface area contributed by atoms with Crippen molar-refractivity contribution in [2.75, 3.05) is 18.8 Å². The van der Waals surface area contributed by atoms with Gasteiger partial charge >= 0.3 is 5.97 Å². The predicted octanol–water partition coefficient (Wildman–Crippen LogP) is 3.54. The molecule has 120 valence electrons. The van der Waals surface area contributed by atoms with Crippen LogP contribution in [0.3, 0.4) is 0 Å². The van der Waals surface area contributed by atoms with Crippen LogP contribution in [-0.2, 0) is 9.59 Å². The molecule has 1 unspecified atom stereocenters. The number of amides is 1. The van der Waals surface area contributed by atoms with Crippen LogP contribution in [0, 0.1) is 5.41 Å². The van der Waals surface area contributed by atoms with Crippen molar-refractivity contribution in [2.24, 2.45) is 5.41 Å². The number of carboxylic acids is 1. The molecular weight excluding hydrogens is 322 g/mol. The molecule has 1 N–H and O–H groups in total. The molecule has 1 aromatic carbocycles. The highest BCUT2D eigenvalue weighted by Crippen LogP contribution is 2.30. The molecule has 22 heavy (non-hydrogen) atoms. The summed E-state index contributed by atoms with van der Waals surface area (Å²) in [6, 6.07) is 7.52. The van der Waals surface area contributed by atoms with E-state index in [-0.39, 0.29) is 5.91 Å². The molecule has 1 atom stereocenters. The zero-order valence-corrected chi connectivity index (χ0v) is 14.1. The maximum atomic E-state index is 12.3. The van der Waals surface area contributed by atoms with Gasteiger partial charge in [-0.1, -0.05) is 11.6 Å². The Balaban J connectivity index is 1.82. The third kappa shape index (κ3) is 4.40. The van der Waals surface area contributed by atoms with Crippen molar-refractivity contribution in [2.45, 2.75) is 31.1 Å². The Bertz CT molecular complexity index is 549. The number of benzene rings is 1. The van der Waals surface area contributed by atoms with Crippen LogP contribution in [0.15, 0.2) is 29.2 Å². The van der Waals surface area contributed by atoms with E-state index in [4.69, 9.17) is 11.6 Å². The zero-order chi connectivity index (χ0) is 16.2. The standard InChI is InChI=1S/C16H20ClNO3S/c1-16(15(20)21)8-2-9-18(11-16)14(19)7-10-22-13-5-3-12(17)4-6-13/h3-6H,2,7-11H2,1H3,(H,20,21). The SMILES string of the molecule is CC1(C(=O)O)CCCN(C(=O)CCSc2ccc(Cl)cc2)C1. The summed E-state index contributed by atoms with van der Waals surface area (Å²) < 4.78 is 0. The summed E-state index contributed by atoms with van der Waals surface area (Å²) in [7, 11) is 0. The van der Waals surface area contributed by atoms with Crippen molar-refractivity contribution >= 4 is 35.2 Å². The molecule has 2 rings (SSSR count). The average Bonchev–Trinajstić information content (AvgIpc) is 2.49. The fraction of sp³-hybridized carbons (Fsp3) is 0.500. The minimum atomic E-state index is -0.819. The Hall–Kier alpha value is -1.20. The molecule has 0 saturated carbocycles. The summed E-state index contributed by atoms with van der Waals surface area (Å²) in [6.45, 7) is 2.69. The highest BCUT2D eigenvalue weighted by molar-refractivity contribution is 7.99. The van der Waals surface area contributed by atoms with Crippen LogP contribution in [0.4, 0.5) is 0 Å². The van der Waals surface area contributed by atoms with Crippen molar-refractivity contribution in [1.82, 2.24) is 4.90 Å². The number of piperidine rings is 1. The molecule has 1 aromatic rings. The van der Waals surface area contributed by atoms with Crippen molar-refractivity contribution in [3.63, 3.8) is 0 Å². The molecule has 1 saturated heterocycles. The molecule has 4 nitrogen and oxygen atoms in total. The molecule has 6 heteroatoms. The average molecular weight is 342 g/mol. The van der Waals surface area contributed by atoms with Gasteiger partial charge in [0.1, 0.15) is 0 Å². The van der Waals surface area contributed by atoms with Gasteiger partial charge in [-0.15, -0.1) is 11.8 Å². The Morgan fingerprint density at radius 2 is 2.05 bits per heavy atom. The summed E-state index contributed by atoms with van der Waals surface area (Å²) in [5.74, 6) is -0.102. The number of likely N-dealkylation sites (tertiary alicyclic amines) is 1. The van der Waals surface area contributed by atoms with E-state index in [1.165, 1.54) is 0 Å². The molecule has 1 heterocycles. The smallest absolute Gasteiger partial charge is 0.311 e. The number of halogens is 1. The monoisotopic (exact) mass is 341 g/mol. The topological polar surface area (TPSA) is 57.6 Å². The van der Waals surface area contributed by atoms with Gasteiger partial charge in [-0.2, -0.15) is 0 Å². The summed E-state index contributed by atoms with van der Waals surface area (Å²) in [5.41, 5.74) is -0.808. The molecule has 1 aliphatic rings. The van der Waals surface area contributed by atoms with Crippen LogP contribution in [0.1, 0.15) is 26.2 Å². The molecule has 0 aliphatic carbocycles. The maximum Gasteiger partial charge on any atom is 0.311 e. The number of hydrogen-bond donors (Lipinski definition) is 1. The van der Waals surface area contributed by atoms with Gasteiger partial charge < -0.3 is 10.0 Å². The van der Waals surface area contributed by atoms with Gasteiger partial charge in [0.15, 0.2) is 0 Å². The van der Waals surface area contributed by atoms with Crippen LogP contribution in [0.5, 0.6) is 0 Å².